The number of Topliss-reactive ketones (excluding diaryl/α,β-unsaturated/α-hetero) is 1. The molecule has 3 aliphatic rings. The maximum absolute atomic E-state index is 12.8. The number of hydrazone groups is 1. The summed E-state index contributed by atoms with van der Waals surface area (Å²) in [4.78, 5) is 12.8. The number of carbonyl (C=O) groups is 1. The molecule has 1 aliphatic heterocycles. The van der Waals surface area contributed by atoms with E-state index < -0.39 is 0 Å². The lowest BCUT2D eigenvalue weighted by Crippen LogP contribution is -2.55. The molecule has 1 unspecified atom stereocenters. The predicted octanol–water partition coefficient (Wildman–Crippen LogP) is 3.22. The van der Waals surface area contributed by atoms with Crippen molar-refractivity contribution >= 4 is 22.9 Å². The monoisotopic (exact) mass is 346 g/mol. The Morgan fingerprint density at radius 3 is 2.42 bits per heavy atom. The third-order valence-corrected chi connectivity index (χ3v) is 5.89. The van der Waals surface area contributed by atoms with Gasteiger partial charge in [-0.2, -0.15) is 5.10 Å². The van der Waals surface area contributed by atoms with Crippen LogP contribution in [0.1, 0.15) is 19.3 Å². The summed E-state index contributed by atoms with van der Waals surface area (Å²) in [5.41, 5.74) is 9.98. The number of anilines is 2. The third-order valence-electron chi connectivity index (χ3n) is 5.89. The van der Waals surface area contributed by atoms with Gasteiger partial charge in [-0.3, -0.25) is 9.80 Å². The highest BCUT2D eigenvalue weighted by Crippen LogP contribution is 2.44. The van der Waals surface area contributed by atoms with Gasteiger partial charge in [0, 0.05) is 42.1 Å². The molecular weight excluding hydrogens is 324 g/mol. The lowest BCUT2D eigenvalue weighted by Gasteiger charge is -2.41. The van der Waals surface area contributed by atoms with Crippen LogP contribution in [0.3, 0.4) is 0 Å². The van der Waals surface area contributed by atoms with Gasteiger partial charge in [-0.05, 0) is 30.7 Å². The summed E-state index contributed by atoms with van der Waals surface area (Å²) in [6.45, 7) is 0. The lowest BCUT2D eigenvalue weighted by molar-refractivity contribution is -0.126. The van der Waals surface area contributed by atoms with Crippen molar-refractivity contribution in [3.8, 4) is 0 Å². The first-order chi connectivity index (χ1) is 12.8. The Morgan fingerprint density at radius 1 is 0.923 bits per heavy atom. The zero-order chi connectivity index (χ0) is 17.5. The largest absolute Gasteiger partial charge is 0.321 e. The molecule has 0 aromatic heterocycles. The van der Waals surface area contributed by atoms with Crippen molar-refractivity contribution in [1.82, 2.24) is 5.43 Å². The normalized spacial score (nSPS) is 29.5. The molecule has 0 amide bonds. The Kier molecular flexibility index (Phi) is 3.75. The van der Waals surface area contributed by atoms with Gasteiger partial charge in [0.25, 0.3) is 0 Å². The molecular formula is C21H22N4O. The molecule has 5 nitrogen and oxygen atoms in total. The van der Waals surface area contributed by atoms with Crippen LogP contribution < -0.4 is 15.9 Å². The van der Waals surface area contributed by atoms with Crippen LogP contribution >= 0.6 is 0 Å². The molecule has 0 spiro atoms. The molecule has 0 saturated heterocycles. The van der Waals surface area contributed by atoms with E-state index in [2.05, 4.69) is 28.0 Å². The van der Waals surface area contributed by atoms with Gasteiger partial charge in [0.05, 0.1) is 11.7 Å². The quantitative estimate of drug-likeness (QED) is 0.835. The molecule has 2 bridgehead atoms. The summed E-state index contributed by atoms with van der Waals surface area (Å²) in [5.74, 6) is 0.838. The fourth-order valence-corrected chi connectivity index (χ4v) is 4.59. The third kappa shape index (κ3) is 2.59. The van der Waals surface area contributed by atoms with Crippen LogP contribution in [0.2, 0.25) is 0 Å². The number of carbonyl (C=O) groups excluding carboxylic acids is 1. The van der Waals surface area contributed by atoms with Gasteiger partial charge >= 0.3 is 0 Å². The van der Waals surface area contributed by atoms with Crippen molar-refractivity contribution in [1.29, 1.82) is 0 Å². The van der Waals surface area contributed by atoms with E-state index in [0.717, 1.165) is 24.2 Å². The Hall–Kier alpha value is -2.66. The number of fused-ring (bicyclic) bond motifs is 1. The second-order valence-corrected chi connectivity index (χ2v) is 7.40. The van der Waals surface area contributed by atoms with E-state index in [1.54, 1.807) is 0 Å². The minimum atomic E-state index is 0.0714. The SMILES string of the molecule is O=C1CC2[C@H]3C[C@@H]1[C@H](NNc1ccccc1)CC3=NN2c1ccccc1. The van der Waals surface area contributed by atoms with Crippen molar-refractivity contribution in [3.63, 3.8) is 0 Å². The molecule has 132 valence electrons. The molecule has 26 heavy (non-hydrogen) atoms. The maximum Gasteiger partial charge on any atom is 0.139 e. The van der Waals surface area contributed by atoms with Crippen LogP contribution in [0, 0.1) is 11.8 Å². The summed E-state index contributed by atoms with van der Waals surface area (Å²) in [5, 5.41) is 7.01. The first-order valence-corrected chi connectivity index (χ1v) is 9.30. The molecule has 2 fully saturated rings. The van der Waals surface area contributed by atoms with Crippen LogP contribution in [0.4, 0.5) is 11.4 Å². The van der Waals surface area contributed by atoms with Crippen LogP contribution in [0.15, 0.2) is 65.8 Å². The number of para-hydroxylation sites is 2. The first kappa shape index (κ1) is 15.6. The number of nitrogens with one attached hydrogen (secondary N) is 2. The Labute approximate surface area is 153 Å². The van der Waals surface area contributed by atoms with Crippen molar-refractivity contribution in [3.05, 3.63) is 60.7 Å². The van der Waals surface area contributed by atoms with E-state index in [1.165, 1.54) is 5.71 Å². The summed E-state index contributed by atoms with van der Waals surface area (Å²) < 4.78 is 0. The van der Waals surface area contributed by atoms with Crippen LogP contribution in [0.25, 0.3) is 0 Å². The van der Waals surface area contributed by atoms with E-state index in [4.69, 9.17) is 5.10 Å². The van der Waals surface area contributed by atoms with E-state index in [1.807, 2.05) is 48.5 Å². The van der Waals surface area contributed by atoms with Gasteiger partial charge in [0.1, 0.15) is 5.78 Å². The fourth-order valence-electron chi connectivity index (χ4n) is 4.59. The van der Waals surface area contributed by atoms with E-state index in [0.29, 0.717) is 18.1 Å². The highest BCUT2D eigenvalue weighted by molar-refractivity contribution is 5.98. The van der Waals surface area contributed by atoms with Crippen molar-refractivity contribution in [2.24, 2.45) is 16.9 Å². The Bertz CT molecular complexity index is 836. The van der Waals surface area contributed by atoms with Crippen molar-refractivity contribution in [2.75, 3.05) is 10.4 Å². The lowest BCUT2D eigenvalue weighted by atomic mass is 9.66. The summed E-state index contributed by atoms with van der Waals surface area (Å²) in [7, 11) is 0. The summed E-state index contributed by atoms with van der Waals surface area (Å²) in [6.07, 6.45) is 2.31. The number of rotatable bonds is 4. The molecule has 1 heterocycles. The highest BCUT2D eigenvalue weighted by atomic mass is 16.1. The number of hydrazine groups is 1. The second kappa shape index (κ2) is 6.25. The van der Waals surface area contributed by atoms with E-state index in [9.17, 15) is 4.79 Å². The summed E-state index contributed by atoms with van der Waals surface area (Å²) >= 11 is 0. The van der Waals surface area contributed by atoms with Crippen LogP contribution in [-0.4, -0.2) is 23.6 Å². The molecule has 4 atom stereocenters. The molecule has 2 N–H and O–H groups in total. The van der Waals surface area contributed by atoms with E-state index in [-0.39, 0.29) is 18.0 Å². The van der Waals surface area contributed by atoms with Crippen molar-refractivity contribution < 1.29 is 4.79 Å². The molecule has 2 saturated carbocycles. The Morgan fingerprint density at radius 2 is 1.65 bits per heavy atom. The maximum atomic E-state index is 12.8. The van der Waals surface area contributed by atoms with Gasteiger partial charge in [-0.15, -0.1) is 0 Å². The number of ketones is 1. The minimum Gasteiger partial charge on any atom is -0.321 e. The number of nitrogens with zero attached hydrogens (tertiary/aromatic N) is 2. The van der Waals surface area contributed by atoms with Crippen molar-refractivity contribution in [2.45, 2.75) is 31.3 Å². The first-order valence-electron chi connectivity index (χ1n) is 9.30. The molecule has 0 radical (unpaired) electrons. The van der Waals surface area contributed by atoms with Crippen LogP contribution in [-0.2, 0) is 4.79 Å². The molecule has 5 rings (SSSR count). The van der Waals surface area contributed by atoms with Gasteiger partial charge in [0.2, 0.25) is 0 Å². The zero-order valence-electron chi connectivity index (χ0n) is 14.5. The van der Waals surface area contributed by atoms with Gasteiger partial charge < -0.3 is 5.43 Å². The van der Waals surface area contributed by atoms with Gasteiger partial charge in [-0.1, -0.05) is 36.4 Å². The fraction of sp³-hybridized carbons (Fsp3) is 0.333. The number of hydrogen-bond acceptors (Lipinski definition) is 5. The standard InChI is InChI=1S/C21H22N4O/c26-21-13-20-16-11-17(21)18(23-22-14-7-3-1-4-8-14)12-19(16)24-25(20)15-9-5-2-6-10-15/h1-10,16-18,20,22-23H,11-13H2/t16-,17+,18+,20?/m0/s1. The van der Waals surface area contributed by atoms with Gasteiger partial charge in [0.15, 0.2) is 0 Å². The second-order valence-electron chi connectivity index (χ2n) is 7.40. The smallest absolute Gasteiger partial charge is 0.139 e. The number of benzene rings is 2. The zero-order valence-corrected chi connectivity index (χ0v) is 14.5. The Balaban J connectivity index is 1.38. The summed E-state index contributed by atoms with van der Waals surface area (Å²) in [6, 6.07) is 20.5. The average Bonchev–Trinajstić information content (AvgIpc) is 3.07. The average molecular weight is 346 g/mol. The van der Waals surface area contributed by atoms with Gasteiger partial charge in [-0.25, -0.2) is 5.43 Å². The molecule has 2 aromatic rings. The minimum absolute atomic E-state index is 0.0714. The number of hydrogen-bond donors (Lipinski definition) is 2. The molecule has 5 heteroatoms. The molecule has 2 aliphatic carbocycles. The highest BCUT2D eigenvalue weighted by Gasteiger charge is 2.51. The topological polar surface area (TPSA) is 56.7 Å². The van der Waals surface area contributed by atoms with Crippen LogP contribution in [0.5, 0.6) is 0 Å². The predicted molar refractivity (Wildman–Crippen MR) is 103 cm³/mol. The molecule has 2 aromatic carbocycles. The van der Waals surface area contributed by atoms with E-state index >= 15 is 0 Å².